The van der Waals surface area contributed by atoms with Crippen LogP contribution < -0.4 is 5.32 Å². The van der Waals surface area contributed by atoms with Gasteiger partial charge in [-0.25, -0.2) is 4.39 Å². The third kappa shape index (κ3) is 2.83. The molecule has 21 heavy (non-hydrogen) atoms. The standard InChI is InChI=1S/C16H17FN2O2/c17-12-4-2-11(3-5-12)13-8-18-9-14(13)15(20)19-10-16(21)6-1-7-16/h2-5,8-9,18,21H,1,6-7,10H2,(H,19,20). The minimum Gasteiger partial charge on any atom is -0.388 e. The summed E-state index contributed by atoms with van der Waals surface area (Å²) in [5.74, 6) is -0.552. The van der Waals surface area contributed by atoms with Gasteiger partial charge in [-0.3, -0.25) is 4.79 Å². The van der Waals surface area contributed by atoms with Crippen molar-refractivity contribution in [2.45, 2.75) is 24.9 Å². The van der Waals surface area contributed by atoms with E-state index in [9.17, 15) is 14.3 Å². The van der Waals surface area contributed by atoms with E-state index in [0.717, 1.165) is 24.8 Å². The first kappa shape index (κ1) is 13.8. The highest BCUT2D eigenvalue weighted by Gasteiger charge is 2.34. The Bertz CT molecular complexity index is 645. The molecule has 4 nitrogen and oxygen atoms in total. The van der Waals surface area contributed by atoms with Crippen molar-refractivity contribution in [3.63, 3.8) is 0 Å². The number of nitrogens with one attached hydrogen (secondary N) is 2. The van der Waals surface area contributed by atoms with E-state index in [1.54, 1.807) is 24.5 Å². The smallest absolute Gasteiger partial charge is 0.253 e. The van der Waals surface area contributed by atoms with Gasteiger partial charge >= 0.3 is 0 Å². The Morgan fingerprint density at radius 3 is 2.62 bits per heavy atom. The normalized spacial score (nSPS) is 16.3. The van der Waals surface area contributed by atoms with Crippen molar-refractivity contribution in [2.24, 2.45) is 0 Å². The van der Waals surface area contributed by atoms with Crippen LogP contribution in [0.5, 0.6) is 0 Å². The van der Waals surface area contributed by atoms with Crippen LogP contribution in [0.25, 0.3) is 11.1 Å². The van der Waals surface area contributed by atoms with E-state index in [4.69, 9.17) is 0 Å². The largest absolute Gasteiger partial charge is 0.388 e. The molecule has 1 fully saturated rings. The van der Waals surface area contributed by atoms with Crippen molar-refractivity contribution < 1.29 is 14.3 Å². The molecule has 3 rings (SSSR count). The third-order valence-corrected chi connectivity index (χ3v) is 4.01. The maximum absolute atomic E-state index is 13.0. The average Bonchev–Trinajstić information content (AvgIpc) is 2.93. The zero-order chi connectivity index (χ0) is 14.9. The number of halogens is 1. The van der Waals surface area contributed by atoms with E-state index in [2.05, 4.69) is 10.3 Å². The molecule has 0 atom stereocenters. The number of benzene rings is 1. The van der Waals surface area contributed by atoms with Crippen LogP contribution in [0.2, 0.25) is 0 Å². The molecule has 1 saturated carbocycles. The van der Waals surface area contributed by atoms with Gasteiger partial charge in [0.25, 0.3) is 5.91 Å². The molecule has 1 aromatic carbocycles. The number of carbonyl (C=O) groups excluding carboxylic acids is 1. The number of aromatic nitrogens is 1. The van der Waals surface area contributed by atoms with Crippen LogP contribution in [0, 0.1) is 5.82 Å². The molecule has 1 amide bonds. The first-order valence-electron chi connectivity index (χ1n) is 7.01. The lowest BCUT2D eigenvalue weighted by atomic mass is 9.80. The monoisotopic (exact) mass is 288 g/mol. The summed E-state index contributed by atoms with van der Waals surface area (Å²) in [6.45, 7) is 0.264. The molecule has 0 aliphatic heterocycles. The van der Waals surface area contributed by atoms with Crippen LogP contribution in [0.15, 0.2) is 36.7 Å². The summed E-state index contributed by atoms with van der Waals surface area (Å²) in [7, 11) is 0. The van der Waals surface area contributed by atoms with E-state index >= 15 is 0 Å². The van der Waals surface area contributed by atoms with E-state index in [0.29, 0.717) is 11.1 Å². The maximum Gasteiger partial charge on any atom is 0.253 e. The number of rotatable bonds is 4. The van der Waals surface area contributed by atoms with E-state index in [-0.39, 0.29) is 18.3 Å². The molecule has 110 valence electrons. The van der Waals surface area contributed by atoms with E-state index < -0.39 is 5.60 Å². The van der Waals surface area contributed by atoms with Gasteiger partial charge in [-0.15, -0.1) is 0 Å². The lowest BCUT2D eigenvalue weighted by Crippen LogP contribution is -2.47. The molecule has 1 heterocycles. The molecule has 0 bridgehead atoms. The molecule has 5 heteroatoms. The predicted molar refractivity (Wildman–Crippen MR) is 77.3 cm³/mol. The van der Waals surface area contributed by atoms with Gasteiger partial charge in [-0.2, -0.15) is 0 Å². The summed E-state index contributed by atoms with van der Waals surface area (Å²) in [6, 6.07) is 5.99. The average molecular weight is 288 g/mol. The highest BCUT2D eigenvalue weighted by Crippen LogP contribution is 2.31. The van der Waals surface area contributed by atoms with Crippen molar-refractivity contribution in [1.82, 2.24) is 10.3 Å². The van der Waals surface area contributed by atoms with Crippen LogP contribution in [-0.4, -0.2) is 28.1 Å². The van der Waals surface area contributed by atoms with E-state index in [1.807, 2.05) is 0 Å². The Morgan fingerprint density at radius 1 is 1.29 bits per heavy atom. The lowest BCUT2D eigenvalue weighted by Gasteiger charge is -2.36. The van der Waals surface area contributed by atoms with Crippen molar-refractivity contribution in [3.8, 4) is 11.1 Å². The second kappa shape index (κ2) is 5.33. The van der Waals surface area contributed by atoms with Gasteiger partial charge < -0.3 is 15.4 Å². The molecule has 1 aliphatic carbocycles. The fraction of sp³-hybridized carbons (Fsp3) is 0.312. The number of aliphatic hydroxyl groups is 1. The number of hydrogen-bond donors (Lipinski definition) is 3. The summed E-state index contributed by atoms with van der Waals surface area (Å²) in [5.41, 5.74) is 1.23. The fourth-order valence-electron chi connectivity index (χ4n) is 2.52. The summed E-state index contributed by atoms with van der Waals surface area (Å²) in [4.78, 5) is 15.1. The predicted octanol–water partition coefficient (Wildman–Crippen LogP) is 2.47. The summed E-state index contributed by atoms with van der Waals surface area (Å²) in [6.07, 6.45) is 5.77. The molecular weight excluding hydrogens is 271 g/mol. The number of amides is 1. The van der Waals surface area contributed by atoms with Crippen LogP contribution in [0.3, 0.4) is 0 Å². The Labute approximate surface area is 122 Å². The summed E-state index contributed by atoms with van der Waals surface area (Å²) >= 11 is 0. The maximum atomic E-state index is 13.0. The quantitative estimate of drug-likeness (QED) is 0.809. The zero-order valence-corrected chi connectivity index (χ0v) is 11.5. The van der Waals surface area contributed by atoms with Gasteiger partial charge in [0, 0.05) is 24.5 Å². The minimum absolute atomic E-state index is 0.240. The van der Waals surface area contributed by atoms with Gasteiger partial charge in [0.15, 0.2) is 0 Å². The third-order valence-electron chi connectivity index (χ3n) is 4.01. The van der Waals surface area contributed by atoms with Crippen LogP contribution in [0.1, 0.15) is 29.6 Å². The Morgan fingerprint density at radius 2 is 2.00 bits per heavy atom. The molecule has 0 radical (unpaired) electrons. The van der Waals surface area contributed by atoms with Gasteiger partial charge in [0.2, 0.25) is 0 Å². The zero-order valence-electron chi connectivity index (χ0n) is 11.5. The topological polar surface area (TPSA) is 65.1 Å². The highest BCUT2D eigenvalue weighted by atomic mass is 19.1. The summed E-state index contributed by atoms with van der Waals surface area (Å²) in [5, 5.41) is 12.8. The van der Waals surface area contributed by atoms with Crippen LogP contribution in [0.4, 0.5) is 4.39 Å². The van der Waals surface area contributed by atoms with Crippen molar-refractivity contribution in [2.75, 3.05) is 6.54 Å². The molecule has 0 spiro atoms. The molecule has 2 aromatic rings. The summed E-state index contributed by atoms with van der Waals surface area (Å²) < 4.78 is 13.0. The first-order chi connectivity index (χ1) is 10.1. The molecule has 1 aromatic heterocycles. The van der Waals surface area contributed by atoms with Crippen molar-refractivity contribution in [3.05, 3.63) is 48.0 Å². The SMILES string of the molecule is O=C(NCC1(O)CCC1)c1c[nH]cc1-c1ccc(F)cc1. The number of hydrogen-bond acceptors (Lipinski definition) is 2. The molecule has 0 unspecified atom stereocenters. The molecular formula is C16H17FN2O2. The van der Waals surface area contributed by atoms with Crippen molar-refractivity contribution >= 4 is 5.91 Å². The van der Waals surface area contributed by atoms with Crippen LogP contribution >= 0.6 is 0 Å². The first-order valence-corrected chi connectivity index (χ1v) is 7.01. The van der Waals surface area contributed by atoms with E-state index in [1.165, 1.54) is 12.1 Å². The molecule has 1 aliphatic rings. The second-order valence-corrected chi connectivity index (χ2v) is 5.55. The highest BCUT2D eigenvalue weighted by molar-refractivity contribution is 6.00. The van der Waals surface area contributed by atoms with Crippen molar-refractivity contribution in [1.29, 1.82) is 0 Å². The second-order valence-electron chi connectivity index (χ2n) is 5.55. The Kier molecular flexibility index (Phi) is 3.51. The number of H-pyrrole nitrogens is 1. The molecule has 3 N–H and O–H groups in total. The number of carbonyl (C=O) groups is 1. The van der Waals surface area contributed by atoms with Gasteiger partial charge in [-0.1, -0.05) is 12.1 Å². The Hall–Kier alpha value is -2.14. The minimum atomic E-state index is -0.748. The van der Waals surface area contributed by atoms with Gasteiger partial charge in [0.05, 0.1) is 11.2 Å². The van der Waals surface area contributed by atoms with Crippen LogP contribution in [-0.2, 0) is 0 Å². The molecule has 0 saturated heterocycles. The fourth-order valence-corrected chi connectivity index (χ4v) is 2.52. The Balaban J connectivity index is 1.75. The number of aromatic amines is 1. The van der Waals surface area contributed by atoms with Gasteiger partial charge in [0.1, 0.15) is 5.82 Å². The lowest BCUT2D eigenvalue weighted by molar-refractivity contribution is -0.0300. The van der Waals surface area contributed by atoms with Gasteiger partial charge in [-0.05, 0) is 37.0 Å².